The average Bonchev–Trinajstić information content (AvgIpc) is 2.47. The molecule has 0 aliphatic rings. The molecule has 0 radical (unpaired) electrons. The number of carboxylic acid groups (broad SMARTS) is 1. The van der Waals surface area contributed by atoms with Crippen molar-refractivity contribution in [3.63, 3.8) is 0 Å². The third-order valence-corrected chi connectivity index (χ3v) is 3.90. The minimum absolute atomic E-state index is 0.0311. The maximum absolute atomic E-state index is 12.2. The molecule has 0 saturated carbocycles. The molecule has 0 aliphatic carbocycles. The number of nitrogens with one attached hydrogen (secondary N) is 1. The van der Waals surface area contributed by atoms with Gasteiger partial charge < -0.3 is 15.2 Å². The van der Waals surface area contributed by atoms with Crippen LogP contribution in [-0.4, -0.2) is 24.1 Å². The molecule has 0 unspecified atom stereocenters. The van der Waals surface area contributed by atoms with Gasteiger partial charge in [0.05, 0.1) is 12.0 Å². The van der Waals surface area contributed by atoms with E-state index in [0.29, 0.717) is 25.1 Å². The van der Waals surface area contributed by atoms with Crippen molar-refractivity contribution in [1.29, 1.82) is 0 Å². The Morgan fingerprint density at radius 2 is 1.86 bits per heavy atom. The van der Waals surface area contributed by atoms with Crippen LogP contribution in [0.1, 0.15) is 38.7 Å². The SMILES string of the molecule is CCC(CC)(CC(=O)Nc1ccccc1COC)C(=O)O. The first-order chi connectivity index (χ1) is 9.99. The van der Waals surface area contributed by atoms with Crippen LogP contribution in [0.5, 0.6) is 0 Å². The molecule has 0 saturated heterocycles. The highest BCUT2D eigenvalue weighted by Crippen LogP contribution is 2.31. The molecule has 0 atom stereocenters. The Hall–Kier alpha value is -1.88. The molecule has 21 heavy (non-hydrogen) atoms. The van der Waals surface area contributed by atoms with E-state index in [9.17, 15) is 14.7 Å². The predicted octanol–water partition coefficient (Wildman–Crippen LogP) is 3.05. The lowest BCUT2D eigenvalue weighted by Gasteiger charge is -2.26. The van der Waals surface area contributed by atoms with Crippen molar-refractivity contribution in [2.45, 2.75) is 39.7 Å². The van der Waals surface area contributed by atoms with Crippen LogP contribution in [0.4, 0.5) is 5.69 Å². The minimum atomic E-state index is -1.000. The van der Waals surface area contributed by atoms with Crippen LogP contribution in [0, 0.1) is 5.41 Å². The molecule has 1 aromatic carbocycles. The first-order valence-corrected chi connectivity index (χ1v) is 7.09. The fraction of sp³-hybridized carbons (Fsp3) is 0.500. The van der Waals surface area contributed by atoms with Gasteiger partial charge in [-0.15, -0.1) is 0 Å². The summed E-state index contributed by atoms with van der Waals surface area (Å²) in [6, 6.07) is 7.33. The molecule has 1 aromatic rings. The van der Waals surface area contributed by atoms with Gasteiger partial charge in [0, 0.05) is 24.8 Å². The summed E-state index contributed by atoms with van der Waals surface area (Å²) in [5.74, 6) is -1.21. The zero-order valence-electron chi connectivity index (χ0n) is 12.8. The summed E-state index contributed by atoms with van der Waals surface area (Å²) in [5.41, 5.74) is 0.526. The number of carboxylic acids is 1. The number of rotatable bonds is 8. The molecule has 0 bridgehead atoms. The molecule has 5 heteroatoms. The summed E-state index contributed by atoms with van der Waals surface area (Å²) in [4.78, 5) is 23.6. The molecule has 0 heterocycles. The van der Waals surface area contributed by atoms with Gasteiger partial charge in [0.15, 0.2) is 0 Å². The molecule has 0 aromatic heterocycles. The van der Waals surface area contributed by atoms with Crippen LogP contribution >= 0.6 is 0 Å². The Labute approximate surface area is 125 Å². The number of hydrogen-bond acceptors (Lipinski definition) is 3. The van der Waals surface area contributed by atoms with Gasteiger partial charge in [-0.25, -0.2) is 0 Å². The maximum atomic E-state index is 12.2. The maximum Gasteiger partial charge on any atom is 0.310 e. The fourth-order valence-corrected chi connectivity index (χ4v) is 2.30. The number of ether oxygens (including phenoxy) is 1. The van der Waals surface area contributed by atoms with E-state index in [1.807, 2.05) is 18.2 Å². The molecule has 1 amide bonds. The largest absolute Gasteiger partial charge is 0.481 e. The summed E-state index contributed by atoms with van der Waals surface area (Å²) < 4.78 is 5.09. The Kier molecular flexibility index (Phi) is 6.37. The Balaban J connectivity index is 2.84. The summed E-state index contributed by atoms with van der Waals surface area (Å²) in [6.07, 6.45) is 0.814. The Bertz CT molecular complexity index is 495. The molecule has 0 fully saturated rings. The van der Waals surface area contributed by atoms with Gasteiger partial charge in [0.2, 0.25) is 5.91 Å². The van der Waals surface area contributed by atoms with Gasteiger partial charge in [-0.2, -0.15) is 0 Å². The summed E-state index contributed by atoms with van der Waals surface area (Å²) in [5, 5.41) is 12.2. The van der Waals surface area contributed by atoms with Crippen LogP contribution in [0.25, 0.3) is 0 Å². The van der Waals surface area contributed by atoms with Crippen LogP contribution < -0.4 is 5.32 Å². The third-order valence-electron chi connectivity index (χ3n) is 3.90. The third kappa shape index (κ3) is 4.29. The van der Waals surface area contributed by atoms with Crippen molar-refractivity contribution in [1.82, 2.24) is 0 Å². The van der Waals surface area contributed by atoms with Crippen LogP contribution in [0.3, 0.4) is 0 Å². The number of para-hydroxylation sites is 1. The van der Waals surface area contributed by atoms with E-state index >= 15 is 0 Å². The quantitative estimate of drug-likeness (QED) is 0.772. The number of amides is 1. The highest BCUT2D eigenvalue weighted by atomic mass is 16.5. The van der Waals surface area contributed by atoms with Crippen molar-refractivity contribution in [2.24, 2.45) is 5.41 Å². The number of benzene rings is 1. The van der Waals surface area contributed by atoms with E-state index in [-0.39, 0.29) is 12.3 Å². The van der Waals surface area contributed by atoms with Crippen molar-refractivity contribution >= 4 is 17.6 Å². The lowest BCUT2D eigenvalue weighted by Crippen LogP contribution is -2.34. The second-order valence-corrected chi connectivity index (χ2v) is 5.11. The van der Waals surface area contributed by atoms with Gasteiger partial charge in [0.1, 0.15) is 0 Å². The van der Waals surface area contributed by atoms with E-state index in [0.717, 1.165) is 5.56 Å². The minimum Gasteiger partial charge on any atom is -0.481 e. The van der Waals surface area contributed by atoms with Crippen molar-refractivity contribution in [3.05, 3.63) is 29.8 Å². The Morgan fingerprint density at radius 1 is 1.24 bits per heavy atom. The van der Waals surface area contributed by atoms with E-state index < -0.39 is 11.4 Å². The number of methoxy groups -OCH3 is 1. The topological polar surface area (TPSA) is 75.6 Å². The highest BCUT2D eigenvalue weighted by molar-refractivity contribution is 5.94. The molecule has 1 rings (SSSR count). The number of anilines is 1. The number of carbonyl (C=O) groups excluding carboxylic acids is 1. The molecule has 0 aliphatic heterocycles. The number of hydrogen-bond donors (Lipinski definition) is 2. The molecule has 2 N–H and O–H groups in total. The first-order valence-electron chi connectivity index (χ1n) is 7.09. The second-order valence-electron chi connectivity index (χ2n) is 5.11. The molecule has 116 valence electrons. The predicted molar refractivity (Wildman–Crippen MR) is 81.1 cm³/mol. The first kappa shape index (κ1) is 17.2. The van der Waals surface area contributed by atoms with E-state index in [1.54, 1.807) is 27.0 Å². The lowest BCUT2D eigenvalue weighted by molar-refractivity contribution is -0.151. The highest BCUT2D eigenvalue weighted by Gasteiger charge is 2.37. The average molecular weight is 293 g/mol. The van der Waals surface area contributed by atoms with Gasteiger partial charge in [-0.05, 0) is 18.9 Å². The normalized spacial score (nSPS) is 11.2. The van der Waals surface area contributed by atoms with Crippen LogP contribution in [0.15, 0.2) is 24.3 Å². The lowest BCUT2D eigenvalue weighted by atomic mass is 9.79. The smallest absolute Gasteiger partial charge is 0.310 e. The fourth-order valence-electron chi connectivity index (χ4n) is 2.30. The molecular weight excluding hydrogens is 270 g/mol. The van der Waals surface area contributed by atoms with Crippen LogP contribution in [0.2, 0.25) is 0 Å². The molecule has 5 nitrogen and oxygen atoms in total. The second kappa shape index (κ2) is 7.78. The number of carbonyl (C=O) groups is 2. The van der Waals surface area contributed by atoms with Crippen molar-refractivity contribution in [2.75, 3.05) is 12.4 Å². The molecule has 0 spiro atoms. The van der Waals surface area contributed by atoms with E-state index in [4.69, 9.17) is 4.74 Å². The Morgan fingerprint density at radius 3 is 2.38 bits per heavy atom. The monoisotopic (exact) mass is 293 g/mol. The zero-order valence-corrected chi connectivity index (χ0v) is 12.8. The van der Waals surface area contributed by atoms with Crippen molar-refractivity contribution in [3.8, 4) is 0 Å². The van der Waals surface area contributed by atoms with E-state index in [1.165, 1.54) is 0 Å². The molecular formula is C16H23NO4. The summed E-state index contributed by atoms with van der Waals surface area (Å²) in [7, 11) is 1.59. The van der Waals surface area contributed by atoms with Gasteiger partial charge in [0.25, 0.3) is 0 Å². The zero-order chi connectivity index (χ0) is 15.9. The van der Waals surface area contributed by atoms with Gasteiger partial charge in [-0.1, -0.05) is 32.0 Å². The van der Waals surface area contributed by atoms with Crippen molar-refractivity contribution < 1.29 is 19.4 Å². The standard InChI is InChI=1S/C16H23NO4/c1-4-16(5-2,15(19)20)10-14(18)17-13-9-7-6-8-12(13)11-21-3/h6-9H,4-5,10-11H2,1-3H3,(H,17,18)(H,19,20). The van der Waals surface area contributed by atoms with Gasteiger partial charge >= 0.3 is 5.97 Å². The van der Waals surface area contributed by atoms with Crippen LogP contribution in [-0.2, 0) is 20.9 Å². The van der Waals surface area contributed by atoms with E-state index in [2.05, 4.69) is 5.32 Å². The van der Waals surface area contributed by atoms with Gasteiger partial charge in [-0.3, -0.25) is 9.59 Å². The summed E-state index contributed by atoms with van der Waals surface area (Å²) >= 11 is 0. The number of aliphatic carboxylic acids is 1. The summed E-state index contributed by atoms with van der Waals surface area (Å²) in [6.45, 7) is 3.98.